The van der Waals surface area contributed by atoms with Gasteiger partial charge in [0.25, 0.3) is 5.69 Å². The zero-order chi connectivity index (χ0) is 18.1. The molecule has 2 aliphatic heterocycles. The molecule has 7 heteroatoms. The summed E-state index contributed by atoms with van der Waals surface area (Å²) in [6, 6.07) is 12.5. The maximum Gasteiger partial charge on any atom is 0.293 e. The Hall–Kier alpha value is -2.64. The van der Waals surface area contributed by atoms with Crippen molar-refractivity contribution in [3.05, 3.63) is 68.6 Å². The second-order valence-electron chi connectivity index (χ2n) is 6.04. The number of fused-ring (bicyclic) bond motifs is 1. The smallest absolute Gasteiger partial charge is 0.293 e. The predicted octanol–water partition coefficient (Wildman–Crippen LogP) is 3.76. The Balaban J connectivity index is 1.67. The second-order valence-corrected chi connectivity index (χ2v) is 7.12. The molecule has 0 spiro atoms. The average Bonchev–Trinajstić information content (AvgIpc) is 2.98. The van der Waals surface area contributed by atoms with Gasteiger partial charge >= 0.3 is 0 Å². The third-order valence-electron chi connectivity index (χ3n) is 4.42. The van der Waals surface area contributed by atoms with Crippen molar-refractivity contribution in [2.45, 2.75) is 4.90 Å². The third kappa shape index (κ3) is 3.11. The van der Waals surface area contributed by atoms with Crippen molar-refractivity contribution in [2.75, 3.05) is 31.2 Å². The molecule has 0 unspecified atom stereocenters. The first-order valence-electron chi connectivity index (χ1n) is 8.28. The topological polar surface area (TPSA) is 72.7 Å². The van der Waals surface area contributed by atoms with Gasteiger partial charge in [0.15, 0.2) is 0 Å². The highest BCUT2D eigenvalue weighted by molar-refractivity contribution is 8.04. The Morgan fingerprint density at radius 3 is 2.65 bits per heavy atom. The van der Waals surface area contributed by atoms with Gasteiger partial charge in [0.2, 0.25) is 5.78 Å². The van der Waals surface area contributed by atoms with Gasteiger partial charge in [0, 0.05) is 29.6 Å². The van der Waals surface area contributed by atoms with Crippen LogP contribution in [0, 0.1) is 10.1 Å². The van der Waals surface area contributed by atoms with E-state index in [1.54, 1.807) is 18.2 Å². The first kappa shape index (κ1) is 16.8. The van der Waals surface area contributed by atoms with E-state index in [1.165, 1.54) is 17.8 Å². The molecule has 2 aromatic rings. The normalized spacial score (nSPS) is 18.2. The van der Waals surface area contributed by atoms with E-state index in [1.807, 2.05) is 29.2 Å². The number of ether oxygens (including phenoxy) is 1. The number of benzene rings is 2. The number of nitrogens with zero attached hydrogens (tertiary/aromatic N) is 2. The van der Waals surface area contributed by atoms with Gasteiger partial charge in [-0.25, -0.2) is 0 Å². The van der Waals surface area contributed by atoms with E-state index in [9.17, 15) is 14.9 Å². The Morgan fingerprint density at radius 1 is 1.15 bits per heavy atom. The van der Waals surface area contributed by atoms with Gasteiger partial charge in [-0.2, -0.15) is 0 Å². The Morgan fingerprint density at radius 2 is 1.92 bits per heavy atom. The fourth-order valence-corrected chi connectivity index (χ4v) is 4.19. The maximum absolute atomic E-state index is 12.5. The molecular weight excluding hydrogens is 352 g/mol. The van der Waals surface area contributed by atoms with Crippen LogP contribution in [0.1, 0.15) is 15.9 Å². The number of carbonyl (C=O) groups excluding carboxylic acids is 1. The van der Waals surface area contributed by atoms with Gasteiger partial charge in [0.05, 0.1) is 23.0 Å². The molecule has 2 heterocycles. The number of anilines is 1. The minimum Gasteiger partial charge on any atom is -0.378 e. The zero-order valence-electron chi connectivity index (χ0n) is 13.9. The van der Waals surface area contributed by atoms with E-state index in [0.717, 1.165) is 4.90 Å². The lowest BCUT2D eigenvalue weighted by molar-refractivity contribution is -0.384. The summed E-state index contributed by atoms with van der Waals surface area (Å²) in [4.78, 5) is 27.1. The molecular formula is C19H16N2O4S. The monoisotopic (exact) mass is 368 g/mol. The van der Waals surface area contributed by atoms with E-state index in [-0.39, 0.29) is 16.4 Å². The number of nitro benzene ring substituents is 1. The molecule has 4 rings (SSSR count). The van der Waals surface area contributed by atoms with Gasteiger partial charge in [-0.1, -0.05) is 30.0 Å². The Labute approximate surface area is 154 Å². The minimum absolute atomic E-state index is 0.0366. The van der Waals surface area contributed by atoms with Gasteiger partial charge in [-0.05, 0) is 29.8 Å². The van der Waals surface area contributed by atoms with Crippen LogP contribution in [-0.4, -0.2) is 37.0 Å². The fourth-order valence-electron chi connectivity index (χ4n) is 3.14. The highest BCUT2D eigenvalue weighted by atomic mass is 32.2. The summed E-state index contributed by atoms with van der Waals surface area (Å²) in [7, 11) is 0. The molecule has 132 valence electrons. The van der Waals surface area contributed by atoms with Crippen molar-refractivity contribution in [3.8, 4) is 0 Å². The zero-order valence-corrected chi connectivity index (χ0v) is 14.7. The Bertz CT molecular complexity index is 920. The molecule has 0 atom stereocenters. The summed E-state index contributed by atoms with van der Waals surface area (Å²) < 4.78 is 5.32. The van der Waals surface area contributed by atoms with E-state index >= 15 is 0 Å². The van der Waals surface area contributed by atoms with Crippen LogP contribution >= 0.6 is 11.8 Å². The first-order valence-corrected chi connectivity index (χ1v) is 9.09. The van der Waals surface area contributed by atoms with E-state index in [2.05, 4.69) is 0 Å². The molecule has 2 aliphatic rings. The lowest BCUT2D eigenvalue weighted by Crippen LogP contribution is -2.36. The molecule has 0 amide bonds. The van der Waals surface area contributed by atoms with Crippen LogP contribution in [0.4, 0.5) is 11.4 Å². The number of morpholine rings is 1. The van der Waals surface area contributed by atoms with E-state index in [4.69, 9.17) is 4.74 Å². The number of allylic oxidation sites excluding steroid dienone is 1. The number of carbonyl (C=O) groups is 1. The standard InChI is InChI=1S/C19H16N2O4S/c22-19-14-3-1-2-4-17(14)26-18(19)12-13-5-6-15(16(11-13)21(23)24)20-7-9-25-10-8-20/h1-6,11-12H,7-10H2/b18-12-. The van der Waals surface area contributed by atoms with Gasteiger partial charge in [-0.15, -0.1) is 0 Å². The number of ketones is 1. The van der Waals surface area contributed by atoms with Gasteiger partial charge in [-0.3, -0.25) is 14.9 Å². The minimum atomic E-state index is -0.370. The highest BCUT2D eigenvalue weighted by Gasteiger charge is 2.26. The number of nitro groups is 1. The molecule has 0 aliphatic carbocycles. The largest absolute Gasteiger partial charge is 0.378 e. The van der Waals surface area contributed by atoms with Crippen molar-refractivity contribution in [2.24, 2.45) is 0 Å². The molecule has 0 N–H and O–H groups in total. The highest BCUT2D eigenvalue weighted by Crippen LogP contribution is 2.41. The Kier molecular flexibility index (Phi) is 4.48. The van der Waals surface area contributed by atoms with Crippen LogP contribution in [0.25, 0.3) is 6.08 Å². The van der Waals surface area contributed by atoms with Crippen molar-refractivity contribution in [1.29, 1.82) is 0 Å². The van der Waals surface area contributed by atoms with Gasteiger partial charge < -0.3 is 9.64 Å². The molecule has 0 aromatic heterocycles. The van der Waals surface area contributed by atoms with Crippen molar-refractivity contribution < 1.29 is 14.5 Å². The molecule has 1 fully saturated rings. The number of rotatable bonds is 3. The summed E-state index contributed by atoms with van der Waals surface area (Å²) in [5.41, 5.74) is 1.98. The number of hydrogen-bond acceptors (Lipinski definition) is 6. The number of hydrogen-bond donors (Lipinski definition) is 0. The molecule has 26 heavy (non-hydrogen) atoms. The number of Topliss-reactive ketones (excluding diaryl/α,β-unsaturated/α-hetero) is 1. The summed E-state index contributed by atoms with van der Waals surface area (Å²) in [5, 5.41) is 11.6. The van der Waals surface area contributed by atoms with Gasteiger partial charge in [0.1, 0.15) is 5.69 Å². The lowest BCUT2D eigenvalue weighted by Gasteiger charge is -2.28. The molecule has 6 nitrogen and oxygen atoms in total. The van der Waals surface area contributed by atoms with E-state index in [0.29, 0.717) is 48.0 Å². The van der Waals surface area contributed by atoms with Crippen molar-refractivity contribution in [3.63, 3.8) is 0 Å². The number of thioether (sulfide) groups is 1. The average molecular weight is 368 g/mol. The predicted molar refractivity (Wildman–Crippen MR) is 101 cm³/mol. The molecule has 0 radical (unpaired) electrons. The summed E-state index contributed by atoms with van der Waals surface area (Å²) in [5.74, 6) is -0.0366. The van der Waals surface area contributed by atoms with Crippen LogP contribution < -0.4 is 4.90 Å². The molecule has 0 saturated carbocycles. The van der Waals surface area contributed by atoms with Crippen molar-refractivity contribution in [1.82, 2.24) is 0 Å². The third-order valence-corrected chi connectivity index (χ3v) is 5.52. The summed E-state index contributed by atoms with van der Waals surface area (Å²) in [6.45, 7) is 2.38. The molecule has 0 bridgehead atoms. The summed E-state index contributed by atoms with van der Waals surface area (Å²) >= 11 is 1.40. The van der Waals surface area contributed by atoms with Crippen LogP contribution in [0.15, 0.2) is 52.3 Å². The van der Waals surface area contributed by atoms with Crippen LogP contribution in [0.3, 0.4) is 0 Å². The maximum atomic E-state index is 12.5. The second kappa shape index (κ2) is 6.93. The SMILES string of the molecule is O=C1/C(=C/c2ccc(N3CCOCC3)c([N+](=O)[O-])c2)Sc2ccccc21. The van der Waals surface area contributed by atoms with Crippen molar-refractivity contribution >= 4 is 35.0 Å². The quantitative estimate of drug-likeness (QED) is 0.467. The van der Waals surface area contributed by atoms with Crippen LogP contribution in [-0.2, 0) is 4.74 Å². The summed E-state index contributed by atoms with van der Waals surface area (Å²) in [6.07, 6.45) is 1.73. The van der Waals surface area contributed by atoms with E-state index < -0.39 is 0 Å². The lowest BCUT2D eigenvalue weighted by atomic mass is 10.1. The molecule has 1 saturated heterocycles. The van der Waals surface area contributed by atoms with Crippen LogP contribution in [0.2, 0.25) is 0 Å². The first-order chi connectivity index (χ1) is 12.6. The van der Waals surface area contributed by atoms with Crippen LogP contribution in [0.5, 0.6) is 0 Å². The fraction of sp³-hybridized carbons (Fsp3) is 0.211. The molecule has 2 aromatic carbocycles.